The van der Waals surface area contributed by atoms with Crippen LogP contribution in [0.2, 0.25) is 10.0 Å². The maximum absolute atomic E-state index is 12.8. The molecule has 2 aromatic carbocycles. The van der Waals surface area contributed by atoms with Crippen LogP contribution < -0.4 is 5.32 Å². The minimum Gasteiger partial charge on any atom is -0.350 e. The van der Waals surface area contributed by atoms with Gasteiger partial charge in [0.25, 0.3) is 11.8 Å². The molecule has 0 fully saturated rings. The standard InChI is InChI=1S/C19H16Cl2N2O2/c1-3-23-18(24)16(14-8-7-12(20)10-15(14)21)17(19(23)25)22-13-6-4-5-11(2)9-13/h4-10,22H,3H2,1-2H3. The summed E-state index contributed by atoms with van der Waals surface area (Å²) in [7, 11) is 0. The number of rotatable bonds is 4. The van der Waals surface area contributed by atoms with Gasteiger partial charge in [0.15, 0.2) is 0 Å². The Hall–Kier alpha value is -2.30. The molecule has 128 valence electrons. The quantitative estimate of drug-likeness (QED) is 0.800. The van der Waals surface area contributed by atoms with Crippen molar-refractivity contribution in [2.45, 2.75) is 13.8 Å². The molecule has 4 nitrogen and oxygen atoms in total. The molecule has 2 amide bonds. The summed E-state index contributed by atoms with van der Waals surface area (Å²) in [6.07, 6.45) is 0. The third kappa shape index (κ3) is 3.28. The Labute approximate surface area is 156 Å². The van der Waals surface area contributed by atoms with Crippen LogP contribution in [0.1, 0.15) is 18.1 Å². The molecule has 0 saturated heterocycles. The van der Waals surface area contributed by atoms with Crippen molar-refractivity contribution in [3.05, 3.63) is 69.3 Å². The second-order valence-corrected chi connectivity index (χ2v) is 6.57. The van der Waals surface area contributed by atoms with Crippen molar-refractivity contribution < 1.29 is 9.59 Å². The summed E-state index contributed by atoms with van der Waals surface area (Å²) in [4.78, 5) is 26.7. The molecule has 0 radical (unpaired) electrons. The molecule has 0 unspecified atom stereocenters. The molecule has 0 saturated carbocycles. The minimum atomic E-state index is -0.369. The molecular formula is C19H16Cl2N2O2. The largest absolute Gasteiger partial charge is 0.350 e. The van der Waals surface area contributed by atoms with Crippen LogP contribution >= 0.6 is 23.2 Å². The van der Waals surface area contributed by atoms with Crippen LogP contribution in [0.15, 0.2) is 48.2 Å². The van der Waals surface area contributed by atoms with Gasteiger partial charge in [-0.05, 0) is 43.7 Å². The van der Waals surface area contributed by atoms with Gasteiger partial charge in [0.1, 0.15) is 5.70 Å². The molecule has 2 aromatic rings. The lowest BCUT2D eigenvalue weighted by atomic mass is 10.0. The van der Waals surface area contributed by atoms with Crippen LogP contribution in [0.4, 0.5) is 5.69 Å². The van der Waals surface area contributed by atoms with Crippen LogP contribution in [0.5, 0.6) is 0 Å². The number of nitrogens with zero attached hydrogens (tertiary/aromatic N) is 1. The van der Waals surface area contributed by atoms with Gasteiger partial charge in [-0.25, -0.2) is 0 Å². The van der Waals surface area contributed by atoms with E-state index in [1.54, 1.807) is 25.1 Å². The van der Waals surface area contributed by atoms with Crippen LogP contribution in [0, 0.1) is 6.92 Å². The lowest BCUT2D eigenvalue weighted by Crippen LogP contribution is -2.32. The Morgan fingerprint density at radius 3 is 2.44 bits per heavy atom. The second kappa shape index (κ2) is 6.90. The second-order valence-electron chi connectivity index (χ2n) is 5.72. The first-order valence-electron chi connectivity index (χ1n) is 7.82. The van der Waals surface area contributed by atoms with Crippen LogP contribution in [-0.4, -0.2) is 23.3 Å². The third-order valence-electron chi connectivity index (χ3n) is 3.97. The predicted octanol–water partition coefficient (Wildman–Crippen LogP) is 4.51. The molecule has 3 rings (SSSR count). The Morgan fingerprint density at radius 2 is 1.80 bits per heavy atom. The van der Waals surface area contributed by atoms with E-state index < -0.39 is 0 Å². The molecule has 6 heteroatoms. The summed E-state index contributed by atoms with van der Waals surface area (Å²) >= 11 is 12.2. The van der Waals surface area contributed by atoms with Gasteiger partial charge in [-0.15, -0.1) is 0 Å². The van der Waals surface area contributed by atoms with E-state index in [0.717, 1.165) is 11.3 Å². The number of likely N-dealkylation sites (N-methyl/N-ethyl adjacent to an activating group) is 1. The number of aryl methyl sites for hydroxylation is 1. The maximum Gasteiger partial charge on any atom is 0.278 e. The molecule has 0 aromatic heterocycles. The number of hydrogen-bond donors (Lipinski definition) is 1. The third-order valence-corrected chi connectivity index (χ3v) is 4.52. The number of halogens is 2. The summed E-state index contributed by atoms with van der Waals surface area (Å²) in [5.41, 5.74) is 2.74. The van der Waals surface area contributed by atoms with Crippen molar-refractivity contribution in [3.8, 4) is 0 Å². The summed E-state index contributed by atoms with van der Waals surface area (Å²) in [6.45, 7) is 3.99. The molecule has 0 spiro atoms. The molecule has 1 N–H and O–H groups in total. The highest BCUT2D eigenvalue weighted by Crippen LogP contribution is 2.35. The first-order valence-corrected chi connectivity index (χ1v) is 8.57. The molecule has 0 bridgehead atoms. The summed E-state index contributed by atoms with van der Waals surface area (Å²) in [5, 5.41) is 3.88. The molecule has 1 aliphatic rings. The highest BCUT2D eigenvalue weighted by Gasteiger charge is 2.39. The topological polar surface area (TPSA) is 49.4 Å². The van der Waals surface area contributed by atoms with Crippen molar-refractivity contribution in [2.24, 2.45) is 0 Å². The first-order chi connectivity index (χ1) is 11.9. The van der Waals surface area contributed by atoms with Crippen LogP contribution in [-0.2, 0) is 9.59 Å². The van der Waals surface area contributed by atoms with E-state index in [2.05, 4.69) is 5.32 Å². The van der Waals surface area contributed by atoms with Gasteiger partial charge in [-0.3, -0.25) is 14.5 Å². The van der Waals surface area contributed by atoms with E-state index >= 15 is 0 Å². The minimum absolute atomic E-state index is 0.224. The number of carbonyl (C=O) groups excluding carboxylic acids is 2. The Bertz CT molecular complexity index is 906. The summed E-state index contributed by atoms with van der Waals surface area (Å²) in [5.74, 6) is -0.734. The normalized spacial score (nSPS) is 14.5. The predicted molar refractivity (Wildman–Crippen MR) is 101 cm³/mol. The van der Waals surface area contributed by atoms with Crippen molar-refractivity contribution in [1.29, 1.82) is 0 Å². The first kappa shape index (κ1) is 17.5. The Morgan fingerprint density at radius 1 is 1.04 bits per heavy atom. The SMILES string of the molecule is CCN1C(=O)C(Nc2cccc(C)c2)=C(c2ccc(Cl)cc2Cl)C1=O. The average molecular weight is 375 g/mol. The fraction of sp³-hybridized carbons (Fsp3) is 0.158. The van der Waals surface area contributed by atoms with Gasteiger partial charge < -0.3 is 5.32 Å². The molecule has 1 heterocycles. The van der Waals surface area contributed by atoms with Crippen molar-refractivity contribution in [3.63, 3.8) is 0 Å². The van der Waals surface area contributed by atoms with Crippen molar-refractivity contribution in [2.75, 3.05) is 11.9 Å². The lowest BCUT2D eigenvalue weighted by Gasteiger charge is -2.12. The van der Waals surface area contributed by atoms with Crippen molar-refractivity contribution >= 4 is 46.3 Å². The molecular weight excluding hydrogens is 359 g/mol. The number of hydrogen-bond acceptors (Lipinski definition) is 3. The monoisotopic (exact) mass is 374 g/mol. The molecule has 25 heavy (non-hydrogen) atoms. The molecule has 0 atom stereocenters. The zero-order chi connectivity index (χ0) is 18.1. The van der Waals surface area contributed by atoms with E-state index in [-0.39, 0.29) is 29.6 Å². The van der Waals surface area contributed by atoms with Gasteiger partial charge in [-0.1, -0.05) is 41.4 Å². The molecule has 1 aliphatic heterocycles. The number of anilines is 1. The number of nitrogens with one attached hydrogen (secondary N) is 1. The maximum atomic E-state index is 12.8. The van der Waals surface area contributed by atoms with E-state index in [4.69, 9.17) is 23.2 Å². The highest BCUT2D eigenvalue weighted by atomic mass is 35.5. The van der Waals surface area contributed by atoms with E-state index in [9.17, 15) is 9.59 Å². The van der Waals surface area contributed by atoms with Crippen molar-refractivity contribution in [1.82, 2.24) is 4.90 Å². The van der Waals surface area contributed by atoms with Gasteiger partial charge in [0, 0.05) is 22.8 Å². The molecule has 0 aliphatic carbocycles. The highest BCUT2D eigenvalue weighted by molar-refractivity contribution is 6.41. The Balaban J connectivity index is 2.14. The van der Waals surface area contributed by atoms with E-state index in [1.807, 2.05) is 31.2 Å². The van der Waals surface area contributed by atoms with Gasteiger partial charge >= 0.3 is 0 Å². The van der Waals surface area contributed by atoms with E-state index in [0.29, 0.717) is 15.6 Å². The number of benzene rings is 2. The zero-order valence-electron chi connectivity index (χ0n) is 13.8. The fourth-order valence-corrected chi connectivity index (χ4v) is 3.29. The smallest absolute Gasteiger partial charge is 0.278 e. The van der Waals surface area contributed by atoms with Gasteiger partial charge in [0.05, 0.1) is 10.6 Å². The Kier molecular flexibility index (Phi) is 4.84. The lowest BCUT2D eigenvalue weighted by molar-refractivity contribution is -0.136. The van der Waals surface area contributed by atoms with Gasteiger partial charge in [-0.2, -0.15) is 0 Å². The van der Waals surface area contributed by atoms with Gasteiger partial charge in [0.2, 0.25) is 0 Å². The summed E-state index contributed by atoms with van der Waals surface area (Å²) < 4.78 is 0. The fourth-order valence-electron chi connectivity index (χ4n) is 2.79. The summed E-state index contributed by atoms with van der Waals surface area (Å²) in [6, 6.07) is 12.4. The number of imide groups is 1. The van der Waals surface area contributed by atoms with Crippen LogP contribution in [0.25, 0.3) is 5.57 Å². The number of carbonyl (C=O) groups is 2. The zero-order valence-corrected chi connectivity index (χ0v) is 15.3. The van der Waals surface area contributed by atoms with E-state index in [1.165, 1.54) is 4.90 Å². The average Bonchev–Trinajstić information content (AvgIpc) is 2.78. The number of amides is 2. The van der Waals surface area contributed by atoms with Crippen LogP contribution in [0.3, 0.4) is 0 Å².